The van der Waals surface area contributed by atoms with Crippen molar-refractivity contribution in [2.45, 2.75) is 76.3 Å². The molecule has 5 nitrogen and oxygen atoms in total. The quantitative estimate of drug-likeness (QED) is 0.287. The van der Waals surface area contributed by atoms with Crippen molar-refractivity contribution in [2.75, 3.05) is 7.05 Å². The van der Waals surface area contributed by atoms with Crippen LogP contribution in [-0.2, 0) is 9.59 Å². The lowest BCUT2D eigenvalue weighted by molar-refractivity contribution is -0.135. The molecule has 4 N–H and O–H groups in total. The standard InChI is InChI=1S/C13H24N2O.C11H15NOS/c1-3-9-7-13(12(14)16)6-4-5-10(8-13)11(9)15-2;1-3-6-10(4-2)14-12-11(9-13)7-5-8-11/h9-11,15H,3-8H2,1-2H3,(H2,14,16);3-4,6,9,12H,1-2,5,7-8H2/b;10-6+. The number of nitrogens with one attached hydrogen (secondary N) is 2. The van der Waals surface area contributed by atoms with Crippen molar-refractivity contribution in [3.05, 3.63) is 36.3 Å². The third-order valence-corrected chi connectivity index (χ3v) is 8.31. The molecule has 3 aliphatic rings. The summed E-state index contributed by atoms with van der Waals surface area (Å²) in [6.07, 6.45) is 15.9. The van der Waals surface area contributed by atoms with E-state index in [4.69, 9.17) is 5.73 Å². The van der Waals surface area contributed by atoms with Crippen molar-refractivity contribution in [1.29, 1.82) is 0 Å². The summed E-state index contributed by atoms with van der Waals surface area (Å²) in [5.41, 5.74) is 5.19. The average Bonchev–Trinajstić information content (AvgIpc) is 2.72. The van der Waals surface area contributed by atoms with Gasteiger partial charge in [0.1, 0.15) is 6.29 Å². The van der Waals surface area contributed by atoms with Crippen LogP contribution in [0.3, 0.4) is 0 Å². The zero-order valence-corrected chi connectivity index (χ0v) is 19.4. The lowest BCUT2D eigenvalue weighted by atomic mass is 9.56. The van der Waals surface area contributed by atoms with Gasteiger partial charge in [-0.2, -0.15) is 0 Å². The molecule has 0 aromatic carbocycles. The van der Waals surface area contributed by atoms with Crippen LogP contribution in [0.2, 0.25) is 0 Å². The van der Waals surface area contributed by atoms with Crippen molar-refractivity contribution >= 4 is 24.1 Å². The van der Waals surface area contributed by atoms with Crippen molar-refractivity contribution in [2.24, 2.45) is 23.0 Å². The predicted octanol–water partition coefficient (Wildman–Crippen LogP) is 4.27. The third-order valence-electron chi connectivity index (χ3n) is 7.26. The second-order valence-corrected chi connectivity index (χ2v) is 9.91. The second-order valence-electron chi connectivity index (χ2n) is 9.03. The minimum Gasteiger partial charge on any atom is -0.369 e. The number of carbonyl (C=O) groups excluding carboxylic acids is 2. The van der Waals surface area contributed by atoms with Crippen molar-refractivity contribution < 1.29 is 9.59 Å². The molecule has 3 fully saturated rings. The van der Waals surface area contributed by atoms with Gasteiger partial charge in [-0.05, 0) is 81.9 Å². The van der Waals surface area contributed by atoms with Crippen LogP contribution < -0.4 is 15.8 Å². The number of aldehydes is 1. The van der Waals surface area contributed by atoms with Crippen LogP contribution in [0.5, 0.6) is 0 Å². The fourth-order valence-corrected chi connectivity index (χ4v) is 6.15. The minimum atomic E-state index is -0.298. The van der Waals surface area contributed by atoms with E-state index >= 15 is 0 Å². The highest BCUT2D eigenvalue weighted by atomic mass is 32.2. The van der Waals surface area contributed by atoms with Gasteiger partial charge in [-0.3, -0.25) is 4.79 Å². The first-order valence-electron chi connectivity index (χ1n) is 11.2. The van der Waals surface area contributed by atoms with Crippen molar-refractivity contribution in [1.82, 2.24) is 10.0 Å². The number of hydrogen-bond donors (Lipinski definition) is 3. The predicted molar refractivity (Wildman–Crippen MR) is 127 cm³/mol. The van der Waals surface area contributed by atoms with Gasteiger partial charge in [0.05, 0.1) is 5.54 Å². The lowest BCUT2D eigenvalue weighted by Gasteiger charge is -2.50. The summed E-state index contributed by atoms with van der Waals surface area (Å²) in [5, 5.41) is 3.46. The number of allylic oxidation sites excluding steroid dienone is 3. The van der Waals surface area contributed by atoms with E-state index in [1.54, 1.807) is 12.2 Å². The van der Waals surface area contributed by atoms with Gasteiger partial charge in [0.15, 0.2) is 0 Å². The van der Waals surface area contributed by atoms with E-state index in [0.29, 0.717) is 17.9 Å². The maximum Gasteiger partial charge on any atom is 0.223 e. The molecule has 6 heteroatoms. The third kappa shape index (κ3) is 5.65. The van der Waals surface area contributed by atoms with Crippen LogP contribution in [0, 0.1) is 17.3 Å². The first-order valence-corrected chi connectivity index (χ1v) is 12.0. The topological polar surface area (TPSA) is 84.2 Å². The summed E-state index contributed by atoms with van der Waals surface area (Å²) in [4.78, 5) is 23.6. The Balaban J connectivity index is 0.000000216. The fourth-order valence-electron chi connectivity index (χ4n) is 5.33. The number of fused-ring (bicyclic) bond motifs is 2. The van der Waals surface area contributed by atoms with Crippen LogP contribution >= 0.6 is 11.9 Å². The normalized spacial score (nSPS) is 32.1. The molecule has 4 atom stereocenters. The van der Waals surface area contributed by atoms with Crippen LogP contribution in [-0.4, -0.2) is 30.8 Å². The van der Waals surface area contributed by atoms with E-state index < -0.39 is 0 Å². The highest BCUT2D eigenvalue weighted by molar-refractivity contribution is 8.01. The number of hydrogen-bond acceptors (Lipinski definition) is 5. The molecule has 3 aliphatic carbocycles. The molecule has 1 amide bonds. The van der Waals surface area contributed by atoms with E-state index in [1.807, 2.05) is 6.08 Å². The number of rotatable bonds is 9. The summed E-state index contributed by atoms with van der Waals surface area (Å²) in [5.74, 6) is 1.23. The summed E-state index contributed by atoms with van der Waals surface area (Å²) in [6.45, 7) is 9.52. The van der Waals surface area contributed by atoms with E-state index in [1.165, 1.54) is 24.8 Å². The molecule has 0 heterocycles. The zero-order chi connectivity index (χ0) is 22.2. The molecule has 4 unspecified atom stereocenters. The summed E-state index contributed by atoms with van der Waals surface area (Å²) >= 11 is 1.44. The molecular weight excluding hydrogens is 394 g/mol. The highest BCUT2D eigenvalue weighted by Crippen LogP contribution is 2.51. The SMILES string of the molecule is C=C/C=C(\C=C)SNC1(C=O)CCC1.CCC1CC2(C(N)=O)CCCC(C2)C1NC. The van der Waals surface area contributed by atoms with Crippen LogP contribution in [0.25, 0.3) is 0 Å². The van der Waals surface area contributed by atoms with E-state index in [2.05, 4.69) is 37.2 Å². The Morgan fingerprint density at radius 3 is 2.43 bits per heavy atom. The minimum absolute atomic E-state index is 0.0507. The number of carbonyl (C=O) groups is 2. The maximum atomic E-state index is 11.7. The molecule has 0 spiro atoms. The summed E-state index contributed by atoms with van der Waals surface area (Å²) < 4.78 is 3.18. The Kier molecular flexibility index (Phi) is 9.38. The molecule has 0 saturated heterocycles. The summed E-state index contributed by atoms with van der Waals surface area (Å²) in [7, 11) is 2.05. The van der Waals surface area contributed by atoms with E-state index in [9.17, 15) is 9.59 Å². The maximum absolute atomic E-state index is 11.7. The Morgan fingerprint density at radius 1 is 1.23 bits per heavy atom. The van der Waals surface area contributed by atoms with Crippen LogP contribution in [0.15, 0.2) is 36.3 Å². The van der Waals surface area contributed by atoms with Gasteiger partial charge < -0.3 is 15.8 Å². The Hall–Kier alpha value is -1.37. The smallest absolute Gasteiger partial charge is 0.223 e. The number of nitrogens with two attached hydrogens (primary N) is 1. The summed E-state index contributed by atoms with van der Waals surface area (Å²) in [6, 6.07) is 0.595. The van der Waals surface area contributed by atoms with E-state index in [-0.39, 0.29) is 16.9 Å². The van der Waals surface area contributed by atoms with Gasteiger partial charge in [-0.25, -0.2) is 4.72 Å². The lowest BCUT2D eigenvalue weighted by Crippen LogP contribution is -2.55. The molecule has 3 saturated carbocycles. The first-order chi connectivity index (χ1) is 14.4. The fraction of sp³-hybridized carbons (Fsp3) is 0.667. The highest BCUT2D eigenvalue weighted by Gasteiger charge is 2.50. The van der Waals surface area contributed by atoms with Gasteiger partial charge >= 0.3 is 0 Å². The van der Waals surface area contributed by atoms with Gasteiger partial charge in [0.25, 0.3) is 0 Å². The van der Waals surface area contributed by atoms with E-state index in [0.717, 1.165) is 56.1 Å². The van der Waals surface area contributed by atoms with Gasteiger partial charge in [-0.15, -0.1) is 0 Å². The van der Waals surface area contributed by atoms with Gasteiger partial charge in [0, 0.05) is 16.4 Å². The van der Waals surface area contributed by atoms with Crippen LogP contribution in [0.1, 0.15) is 64.7 Å². The Morgan fingerprint density at radius 2 is 1.97 bits per heavy atom. The zero-order valence-electron chi connectivity index (χ0n) is 18.6. The molecule has 30 heavy (non-hydrogen) atoms. The van der Waals surface area contributed by atoms with Gasteiger partial charge in [-0.1, -0.05) is 45.1 Å². The molecular formula is C24H39N3O2S. The van der Waals surface area contributed by atoms with Crippen LogP contribution in [0.4, 0.5) is 0 Å². The number of amides is 1. The molecule has 0 aromatic rings. The van der Waals surface area contributed by atoms with Crippen molar-refractivity contribution in [3.8, 4) is 0 Å². The first kappa shape index (κ1) is 24.9. The second kappa shape index (κ2) is 11.3. The molecule has 0 aliphatic heterocycles. The Bertz CT molecular complexity index is 657. The average molecular weight is 434 g/mol. The van der Waals surface area contributed by atoms with Crippen molar-refractivity contribution in [3.63, 3.8) is 0 Å². The molecule has 0 radical (unpaired) electrons. The molecule has 3 rings (SSSR count). The number of primary amides is 1. The molecule has 0 aromatic heterocycles. The molecule has 168 valence electrons. The monoisotopic (exact) mass is 433 g/mol. The Labute approximate surface area is 186 Å². The largest absolute Gasteiger partial charge is 0.369 e. The van der Waals surface area contributed by atoms with Gasteiger partial charge in [0.2, 0.25) is 5.91 Å². The molecule has 2 bridgehead atoms.